The van der Waals surface area contributed by atoms with Gasteiger partial charge in [-0.25, -0.2) is 39.5 Å². The van der Waals surface area contributed by atoms with Gasteiger partial charge in [0.2, 0.25) is 94.5 Å². The largest absolute Gasteiger partial charge is 0.460 e. The van der Waals surface area contributed by atoms with Gasteiger partial charge in [0.25, 0.3) is 0 Å². The maximum atomic E-state index is 16.1. The molecule has 0 N–H and O–H groups in total. The monoisotopic (exact) mass is 751 g/mol. The van der Waals surface area contributed by atoms with Crippen molar-refractivity contribution in [2.24, 2.45) is 0 Å². The van der Waals surface area contributed by atoms with E-state index < -0.39 is 134 Å². The van der Waals surface area contributed by atoms with E-state index in [1.54, 1.807) is 0 Å². The Hall–Kier alpha value is -3.59. The van der Waals surface area contributed by atoms with Crippen molar-refractivity contribution in [3.8, 4) is 0 Å². The van der Waals surface area contributed by atoms with E-state index in [2.05, 4.69) is 0 Å². The molecular weight excluding hydrogens is 751 g/mol. The lowest BCUT2D eigenvalue weighted by atomic mass is 10.1. The fourth-order valence-corrected chi connectivity index (χ4v) is 8.43. The second-order valence-electron chi connectivity index (χ2n) is 8.61. The van der Waals surface area contributed by atoms with Crippen molar-refractivity contribution >= 4 is 23.2 Å². The molecule has 0 saturated carbocycles. The standard InChI is InChI=1S/C22F24P/c23-1-4(26)10(32)16(11(33)5(1)27)47(17-12(34)6(28)2(24)7(29)13(17)35,18-14(36)8(30)3(25)9(31)15(18)37)22(45,46)20(40,41)19(38,39)21(42,43)44/q+1. The fourth-order valence-electron chi connectivity index (χ4n) is 4.00. The summed E-state index contributed by atoms with van der Waals surface area (Å²) >= 11 is 0. The smallest absolute Gasteiger partial charge is 0.200 e. The van der Waals surface area contributed by atoms with E-state index in [0.29, 0.717) is 0 Å². The van der Waals surface area contributed by atoms with Gasteiger partial charge in [0.15, 0.2) is 15.9 Å². The van der Waals surface area contributed by atoms with E-state index in [-0.39, 0.29) is 0 Å². The molecule has 0 bridgehead atoms. The van der Waals surface area contributed by atoms with Gasteiger partial charge in [-0.2, -0.15) is 65.9 Å². The molecule has 0 aliphatic rings. The average Bonchev–Trinajstić information content (AvgIpc) is 2.97. The molecule has 0 nitrogen and oxygen atoms in total. The fraction of sp³-hybridized carbons (Fsp3) is 0.182. The summed E-state index contributed by atoms with van der Waals surface area (Å²) in [5.41, 5.74) is -8.76. The first-order chi connectivity index (χ1) is 21.0. The Morgan fingerprint density at radius 3 is 0.596 bits per heavy atom. The number of hydrogen-bond acceptors (Lipinski definition) is 0. The lowest BCUT2D eigenvalue weighted by molar-refractivity contribution is -0.382. The average molecular weight is 751 g/mol. The summed E-state index contributed by atoms with van der Waals surface area (Å²) in [6.07, 6.45) is -8.15. The van der Waals surface area contributed by atoms with Crippen LogP contribution in [0.1, 0.15) is 0 Å². The number of halogens is 24. The maximum Gasteiger partial charge on any atom is 0.460 e. The van der Waals surface area contributed by atoms with Gasteiger partial charge in [0.05, 0.1) is 0 Å². The van der Waals surface area contributed by atoms with Crippen LogP contribution in [0.5, 0.6) is 0 Å². The highest BCUT2D eigenvalue weighted by Crippen LogP contribution is 2.76. The SMILES string of the molecule is Fc1c(F)c(F)c([P+](c2c(F)c(F)c(F)c(F)c2F)(c2c(F)c(F)c(F)c(F)c2F)C(F)(F)C(F)(F)C(F)(F)C(F)(F)F)c(F)c1F. The molecule has 3 aromatic carbocycles. The highest BCUT2D eigenvalue weighted by molar-refractivity contribution is 7.96. The molecule has 0 fully saturated rings. The van der Waals surface area contributed by atoms with Crippen molar-refractivity contribution in [1.29, 1.82) is 0 Å². The van der Waals surface area contributed by atoms with Crippen LogP contribution in [0.3, 0.4) is 0 Å². The summed E-state index contributed by atoms with van der Waals surface area (Å²) in [5, 5.41) is -13.5. The van der Waals surface area contributed by atoms with Gasteiger partial charge in [-0.1, -0.05) is 0 Å². The molecule has 0 aromatic heterocycles. The van der Waals surface area contributed by atoms with Crippen molar-refractivity contribution < 1.29 is 105 Å². The molecule has 3 aromatic rings. The van der Waals surface area contributed by atoms with Crippen molar-refractivity contribution in [2.75, 3.05) is 0 Å². The van der Waals surface area contributed by atoms with Crippen LogP contribution in [0.25, 0.3) is 0 Å². The topological polar surface area (TPSA) is 0 Å². The molecule has 260 valence electrons. The zero-order valence-electron chi connectivity index (χ0n) is 20.5. The van der Waals surface area contributed by atoms with E-state index >= 15 is 35.1 Å². The molecule has 3 rings (SSSR count). The Kier molecular flexibility index (Phi) is 9.06. The van der Waals surface area contributed by atoms with Gasteiger partial charge in [0.1, 0.15) is 0 Å². The van der Waals surface area contributed by atoms with Crippen LogP contribution < -0.4 is 15.9 Å². The number of alkyl halides is 9. The van der Waals surface area contributed by atoms with Gasteiger partial charge in [-0.05, 0) is 0 Å². The third kappa shape index (κ3) is 4.62. The minimum atomic E-state index is -9.74. The molecule has 0 aliphatic heterocycles. The Bertz CT molecular complexity index is 1550. The Balaban J connectivity index is 3.11. The second kappa shape index (κ2) is 11.2. The van der Waals surface area contributed by atoms with Crippen LogP contribution in [0.15, 0.2) is 0 Å². The zero-order valence-corrected chi connectivity index (χ0v) is 21.4. The highest BCUT2D eigenvalue weighted by atomic mass is 31.2. The summed E-state index contributed by atoms with van der Waals surface area (Å²) < 4.78 is 346. The number of hydrogen-bond donors (Lipinski definition) is 0. The third-order valence-corrected chi connectivity index (χ3v) is 10.4. The first kappa shape index (κ1) is 37.9. The van der Waals surface area contributed by atoms with Gasteiger partial charge >= 0.3 is 23.7 Å². The molecule has 0 heterocycles. The van der Waals surface area contributed by atoms with Gasteiger partial charge in [-0.15, -0.1) is 0 Å². The molecule has 0 aliphatic carbocycles. The lowest BCUT2D eigenvalue weighted by Crippen LogP contribution is -2.65. The molecule has 0 radical (unpaired) electrons. The summed E-state index contributed by atoms with van der Waals surface area (Å²) in [5.74, 6) is -78.5. The molecule has 0 atom stereocenters. The molecule has 0 saturated heterocycles. The van der Waals surface area contributed by atoms with E-state index in [9.17, 15) is 70.2 Å². The van der Waals surface area contributed by atoms with Crippen molar-refractivity contribution in [3.05, 3.63) is 87.3 Å². The molecule has 0 spiro atoms. The van der Waals surface area contributed by atoms with E-state index in [0.717, 1.165) is 0 Å². The first-order valence-corrected chi connectivity index (χ1v) is 12.5. The number of rotatable bonds is 6. The Morgan fingerprint density at radius 2 is 0.426 bits per heavy atom. The van der Waals surface area contributed by atoms with Gasteiger partial charge < -0.3 is 0 Å². The van der Waals surface area contributed by atoms with E-state index in [4.69, 9.17) is 0 Å². The third-order valence-electron chi connectivity index (χ3n) is 6.12. The van der Waals surface area contributed by atoms with Crippen LogP contribution in [0.2, 0.25) is 0 Å². The van der Waals surface area contributed by atoms with Crippen LogP contribution in [-0.4, -0.2) is 23.7 Å². The summed E-state index contributed by atoms with van der Waals surface area (Å²) in [6.45, 7) is 0. The molecular formula is C22F24P+. The predicted octanol–water partition coefficient (Wildman–Crippen LogP) is 8.49. The van der Waals surface area contributed by atoms with Crippen LogP contribution in [0.4, 0.5) is 105 Å². The number of benzene rings is 3. The zero-order chi connectivity index (χ0) is 36.9. The quantitative estimate of drug-likeness (QED) is 0.103. The van der Waals surface area contributed by atoms with Crippen LogP contribution in [-0.2, 0) is 0 Å². The summed E-state index contributed by atoms with van der Waals surface area (Å²) in [7, 11) is -9.74. The molecule has 25 heteroatoms. The molecule has 0 unspecified atom stereocenters. The van der Waals surface area contributed by atoms with Gasteiger partial charge in [-0.3, -0.25) is 0 Å². The van der Waals surface area contributed by atoms with Crippen LogP contribution >= 0.6 is 7.26 Å². The minimum absolute atomic E-state index is 3.69. The first-order valence-electron chi connectivity index (χ1n) is 10.7. The normalized spacial score (nSPS) is 13.5. The summed E-state index contributed by atoms with van der Waals surface area (Å²) in [4.78, 5) is 0. The van der Waals surface area contributed by atoms with Crippen molar-refractivity contribution in [3.63, 3.8) is 0 Å². The second-order valence-corrected chi connectivity index (χ2v) is 11.9. The van der Waals surface area contributed by atoms with Crippen molar-refractivity contribution in [1.82, 2.24) is 0 Å². The van der Waals surface area contributed by atoms with E-state index in [1.807, 2.05) is 0 Å². The van der Waals surface area contributed by atoms with Crippen molar-refractivity contribution in [2.45, 2.75) is 23.7 Å². The Labute approximate surface area is 240 Å². The predicted molar refractivity (Wildman–Crippen MR) is 105 cm³/mol. The summed E-state index contributed by atoms with van der Waals surface area (Å²) in [6, 6.07) is 0. The minimum Gasteiger partial charge on any atom is -0.200 e. The maximum absolute atomic E-state index is 16.1. The van der Waals surface area contributed by atoms with Crippen LogP contribution in [0, 0.1) is 87.3 Å². The van der Waals surface area contributed by atoms with Gasteiger partial charge in [0, 0.05) is 0 Å². The van der Waals surface area contributed by atoms with E-state index in [1.165, 1.54) is 0 Å². The highest BCUT2D eigenvalue weighted by Gasteiger charge is 2.92. The molecule has 0 amide bonds. The lowest BCUT2D eigenvalue weighted by Gasteiger charge is -2.40. The molecule has 47 heavy (non-hydrogen) atoms. The Morgan fingerprint density at radius 1 is 0.255 bits per heavy atom.